The Morgan fingerprint density at radius 3 is 2.38 bits per heavy atom. The summed E-state index contributed by atoms with van der Waals surface area (Å²) in [6.07, 6.45) is 9.63. The molecule has 1 atom stereocenters. The van der Waals surface area contributed by atoms with E-state index in [0.29, 0.717) is 5.92 Å². The van der Waals surface area contributed by atoms with Crippen LogP contribution in [0.2, 0.25) is 18.1 Å². The van der Waals surface area contributed by atoms with Crippen LogP contribution < -0.4 is 0 Å². The van der Waals surface area contributed by atoms with Crippen LogP contribution in [0.3, 0.4) is 0 Å². The van der Waals surface area contributed by atoms with Crippen molar-refractivity contribution in [3.63, 3.8) is 0 Å². The fourth-order valence-corrected chi connectivity index (χ4v) is 5.53. The molecule has 2 aliphatic rings. The van der Waals surface area contributed by atoms with Gasteiger partial charge in [0, 0.05) is 5.41 Å². The Morgan fingerprint density at radius 1 is 1.15 bits per heavy atom. The average molecular weight is 375 g/mol. The molecule has 3 rings (SSSR count). The molecule has 1 fully saturated rings. The highest BCUT2D eigenvalue weighted by molar-refractivity contribution is 6.74. The van der Waals surface area contributed by atoms with Crippen molar-refractivity contribution in [3.05, 3.63) is 47.0 Å². The van der Waals surface area contributed by atoms with Crippen LogP contribution in [0.1, 0.15) is 76.3 Å². The summed E-state index contributed by atoms with van der Waals surface area (Å²) in [5, 5.41) is 0.221. The second-order valence-corrected chi connectivity index (χ2v) is 14.8. The Labute approximate surface area is 160 Å². The Hall–Kier alpha value is -1.09. The zero-order valence-corrected chi connectivity index (χ0v) is 18.4. The van der Waals surface area contributed by atoms with Crippen molar-refractivity contribution in [2.24, 2.45) is 5.41 Å². The van der Waals surface area contributed by atoms with Gasteiger partial charge in [-0.1, -0.05) is 45.7 Å². The van der Waals surface area contributed by atoms with E-state index in [9.17, 15) is 4.39 Å². The van der Waals surface area contributed by atoms with Crippen LogP contribution in [0, 0.1) is 18.2 Å². The minimum Gasteiger partial charge on any atom is -0.546 e. The lowest BCUT2D eigenvalue weighted by Crippen LogP contribution is -2.43. The van der Waals surface area contributed by atoms with Gasteiger partial charge in [0.05, 0.1) is 5.76 Å². The van der Waals surface area contributed by atoms with Gasteiger partial charge in [0.25, 0.3) is 0 Å². The summed E-state index contributed by atoms with van der Waals surface area (Å²) in [7, 11) is -1.82. The molecule has 144 valence electrons. The van der Waals surface area contributed by atoms with Gasteiger partial charge in [-0.05, 0) is 79.9 Å². The highest BCUT2D eigenvalue weighted by Gasteiger charge is 2.47. The Bertz CT molecular complexity index is 693. The van der Waals surface area contributed by atoms with Crippen LogP contribution >= 0.6 is 0 Å². The van der Waals surface area contributed by atoms with Crippen molar-refractivity contribution in [2.75, 3.05) is 0 Å². The zero-order chi connectivity index (χ0) is 19.2. The van der Waals surface area contributed by atoms with Crippen LogP contribution in [0.15, 0.2) is 30.0 Å². The molecular formula is C23H35FOSi. The molecule has 0 bridgehead atoms. The summed E-state index contributed by atoms with van der Waals surface area (Å²) in [6, 6.07) is 5.68. The van der Waals surface area contributed by atoms with Gasteiger partial charge in [0.1, 0.15) is 5.82 Å². The van der Waals surface area contributed by atoms with Gasteiger partial charge in [0.2, 0.25) is 8.32 Å². The largest absolute Gasteiger partial charge is 0.546 e. The van der Waals surface area contributed by atoms with E-state index in [1.54, 1.807) is 6.07 Å². The van der Waals surface area contributed by atoms with Gasteiger partial charge in [-0.2, -0.15) is 0 Å². The maximum Gasteiger partial charge on any atom is 0.250 e. The first-order valence-corrected chi connectivity index (χ1v) is 13.1. The molecule has 0 N–H and O–H groups in total. The lowest BCUT2D eigenvalue weighted by Gasteiger charge is -2.45. The number of hydrogen-bond donors (Lipinski definition) is 0. The van der Waals surface area contributed by atoms with Crippen molar-refractivity contribution >= 4 is 8.32 Å². The van der Waals surface area contributed by atoms with Gasteiger partial charge in [0.15, 0.2) is 0 Å². The third kappa shape index (κ3) is 3.65. The molecule has 0 heterocycles. The molecule has 1 nitrogen and oxygen atoms in total. The molecule has 0 amide bonds. The van der Waals surface area contributed by atoms with Gasteiger partial charge in [-0.15, -0.1) is 0 Å². The fourth-order valence-electron chi connectivity index (χ4n) is 4.38. The van der Waals surface area contributed by atoms with Crippen molar-refractivity contribution < 1.29 is 8.82 Å². The van der Waals surface area contributed by atoms with Crippen molar-refractivity contribution in [2.45, 2.75) is 90.3 Å². The maximum atomic E-state index is 13.7. The molecule has 2 aliphatic carbocycles. The first kappa shape index (κ1) is 19.7. The van der Waals surface area contributed by atoms with Crippen LogP contribution in [0.5, 0.6) is 0 Å². The van der Waals surface area contributed by atoms with E-state index in [0.717, 1.165) is 18.4 Å². The lowest BCUT2D eigenvalue weighted by atomic mass is 9.69. The third-order valence-electron chi connectivity index (χ3n) is 7.13. The van der Waals surface area contributed by atoms with Crippen molar-refractivity contribution in [1.29, 1.82) is 0 Å². The van der Waals surface area contributed by atoms with E-state index < -0.39 is 8.32 Å². The smallest absolute Gasteiger partial charge is 0.250 e. The van der Waals surface area contributed by atoms with Gasteiger partial charge >= 0.3 is 0 Å². The van der Waals surface area contributed by atoms with Crippen LogP contribution in [-0.2, 0) is 4.43 Å². The Kier molecular flexibility index (Phi) is 5.15. The molecule has 1 spiro atoms. The zero-order valence-electron chi connectivity index (χ0n) is 17.4. The molecule has 26 heavy (non-hydrogen) atoms. The molecule has 0 saturated heterocycles. The van der Waals surface area contributed by atoms with Crippen LogP contribution in [-0.4, -0.2) is 8.32 Å². The summed E-state index contributed by atoms with van der Waals surface area (Å²) in [5.74, 6) is 1.67. The second-order valence-electron chi connectivity index (χ2n) is 10.1. The SMILES string of the molecule is Cc1cc(C2CC=C(O[Si](C)(C)C(C)(C)C)C3(CCCC3)C2)ccc1F. The predicted octanol–water partition coefficient (Wildman–Crippen LogP) is 7.48. The third-order valence-corrected chi connectivity index (χ3v) is 11.5. The predicted molar refractivity (Wildman–Crippen MR) is 110 cm³/mol. The van der Waals surface area contributed by atoms with E-state index >= 15 is 0 Å². The number of hydrogen-bond acceptors (Lipinski definition) is 1. The van der Waals surface area contributed by atoms with Gasteiger partial charge < -0.3 is 4.43 Å². The number of halogens is 1. The monoisotopic (exact) mass is 374 g/mol. The van der Waals surface area contributed by atoms with Crippen LogP contribution in [0.4, 0.5) is 4.39 Å². The highest BCUT2D eigenvalue weighted by atomic mass is 28.4. The molecule has 1 aromatic carbocycles. The molecule has 0 aromatic heterocycles. The second kappa shape index (κ2) is 6.81. The van der Waals surface area contributed by atoms with E-state index in [-0.39, 0.29) is 16.3 Å². The van der Waals surface area contributed by atoms with Crippen molar-refractivity contribution in [1.82, 2.24) is 0 Å². The molecule has 1 aromatic rings. The normalized spacial score (nSPS) is 23.2. The Morgan fingerprint density at radius 2 is 1.81 bits per heavy atom. The average Bonchev–Trinajstić information content (AvgIpc) is 3.00. The molecule has 1 unspecified atom stereocenters. The van der Waals surface area contributed by atoms with E-state index in [2.05, 4.69) is 46.0 Å². The maximum absolute atomic E-state index is 13.7. The van der Waals surface area contributed by atoms with E-state index in [4.69, 9.17) is 4.43 Å². The summed E-state index contributed by atoms with van der Waals surface area (Å²) in [5.41, 5.74) is 2.26. The minimum atomic E-state index is -1.82. The number of benzene rings is 1. The van der Waals surface area contributed by atoms with Crippen molar-refractivity contribution in [3.8, 4) is 0 Å². The molecule has 0 aliphatic heterocycles. The molecule has 1 saturated carbocycles. The summed E-state index contributed by atoms with van der Waals surface area (Å²) in [6.45, 7) is 13.5. The van der Waals surface area contributed by atoms with Gasteiger partial charge in [-0.3, -0.25) is 0 Å². The van der Waals surface area contributed by atoms with Gasteiger partial charge in [-0.25, -0.2) is 4.39 Å². The standard InChI is InChI=1S/C23H35FOSi/c1-17-15-18(9-11-20(17)24)19-10-12-21(23(16-19)13-7-8-14-23)25-26(5,6)22(2,3)4/h9,11-12,15,19H,7-8,10,13-14,16H2,1-6H3. The fraction of sp³-hybridized carbons (Fsp3) is 0.652. The van der Waals surface area contributed by atoms with E-state index in [1.807, 2.05) is 13.0 Å². The summed E-state index contributed by atoms with van der Waals surface area (Å²) < 4.78 is 20.5. The molecule has 3 heteroatoms. The minimum absolute atomic E-state index is 0.0994. The topological polar surface area (TPSA) is 9.23 Å². The van der Waals surface area contributed by atoms with E-state index in [1.165, 1.54) is 37.0 Å². The first-order valence-electron chi connectivity index (χ1n) is 10.2. The lowest BCUT2D eigenvalue weighted by molar-refractivity contribution is 0.181. The number of allylic oxidation sites excluding steroid dienone is 2. The van der Waals surface area contributed by atoms with Crippen LogP contribution in [0.25, 0.3) is 0 Å². The Balaban J connectivity index is 1.89. The molecule has 0 radical (unpaired) electrons. The number of aryl methyl sites for hydroxylation is 1. The quantitative estimate of drug-likeness (QED) is 0.498. The molecular weight excluding hydrogens is 339 g/mol. The first-order chi connectivity index (χ1) is 12.0. The summed E-state index contributed by atoms with van der Waals surface area (Å²) >= 11 is 0. The highest BCUT2D eigenvalue weighted by Crippen LogP contribution is 2.55. The summed E-state index contributed by atoms with van der Waals surface area (Å²) in [4.78, 5) is 0. The number of rotatable bonds is 3.